The topological polar surface area (TPSA) is 118 Å². The molecule has 1 rings (SSSR count). The second-order valence-corrected chi connectivity index (χ2v) is 4.55. The molecule has 0 bridgehead atoms. The van der Waals surface area contributed by atoms with Crippen molar-refractivity contribution in [1.29, 1.82) is 5.26 Å². The van der Waals surface area contributed by atoms with Crippen LogP contribution in [0.3, 0.4) is 0 Å². The number of hydrogen-bond donors (Lipinski definition) is 1. The van der Waals surface area contributed by atoms with Crippen molar-refractivity contribution in [2.45, 2.75) is 19.4 Å². The number of nitrogens with one attached hydrogen (secondary N) is 1. The summed E-state index contributed by atoms with van der Waals surface area (Å²) < 4.78 is 14.3. The van der Waals surface area contributed by atoms with Gasteiger partial charge in [-0.3, -0.25) is 0 Å². The molecule has 0 aliphatic rings. The van der Waals surface area contributed by atoms with Gasteiger partial charge in [-0.25, -0.2) is 19.8 Å². The monoisotopic (exact) mass is 349 g/mol. The summed E-state index contributed by atoms with van der Waals surface area (Å²) in [5.41, 5.74) is -0.108. The predicted octanol–water partition coefficient (Wildman–Crippen LogP) is 1.70. The van der Waals surface area contributed by atoms with Gasteiger partial charge in [0.25, 0.3) is 5.54 Å². The molecule has 1 unspecified atom stereocenters. The van der Waals surface area contributed by atoms with Gasteiger partial charge < -0.3 is 14.2 Å². The quantitative estimate of drug-likeness (QED) is 0.488. The van der Waals surface area contributed by atoms with Crippen LogP contribution >= 0.6 is 0 Å². The molecular weight excluding hydrogens is 330 g/mol. The highest BCUT2D eigenvalue weighted by Crippen LogP contribution is 2.29. The van der Waals surface area contributed by atoms with Crippen molar-refractivity contribution in [2.24, 2.45) is 0 Å². The van der Waals surface area contributed by atoms with E-state index in [2.05, 4.69) is 5.43 Å². The summed E-state index contributed by atoms with van der Waals surface area (Å²) in [5.74, 6) is -1.08. The fourth-order valence-corrected chi connectivity index (χ4v) is 2.03. The van der Waals surface area contributed by atoms with Crippen LogP contribution < -0.4 is 5.43 Å². The van der Waals surface area contributed by atoms with Gasteiger partial charge in [-0.2, -0.15) is 10.3 Å². The minimum atomic E-state index is -2.30. The van der Waals surface area contributed by atoms with E-state index in [0.717, 1.165) is 7.11 Å². The molecule has 9 heteroatoms. The summed E-state index contributed by atoms with van der Waals surface area (Å²) in [6, 6.07) is 9.44. The molecule has 0 saturated carbocycles. The van der Waals surface area contributed by atoms with Crippen LogP contribution in [0.5, 0.6) is 0 Å². The molecule has 25 heavy (non-hydrogen) atoms. The van der Waals surface area contributed by atoms with E-state index in [1.807, 2.05) is 0 Å². The number of methoxy groups -OCH3 is 1. The number of hydrogen-bond acceptors (Lipinski definition) is 7. The number of nitrogens with zero attached hydrogens (tertiary/aromatic N) is 2. The van der Waals surface area contributed by atoms with E-state index in [1.165, 1.54) is 19.1 Å². The van der Waals surface area contributed by atoms with Crippen LogP contribution in [-0.4, -0.2) is 43.5 Å². The first-order valence-corrected chi connectivity index (χ1v) is 7.43. The summed E-state index contributed by atoms with van der Waals surface area (Å²) >= 11 is 0. The van der Waals surface area contributed by atoms with Crippen molar-refractivity contribution in [3.8, 4) is 6.07 Å². The first-order chi connectivity index (χ1) is 12.0. The third-order valence-electron chi connectivity index (χ3n) is 3.10. The van der Waals surface area contributed by atoms with Crippen molar-refractivity contribution >= 4 is 18.2 Å². The molecule has 0 heterocycles. The van der Waals surface area contributed by atoms with Gasteiger partial charge in [0.15, 0.2) is 0 Å². The largest absolute Gasteiger partial charge is 0.466 e. The molecule has 0 aliphatic heterocycles. The van der Waals surface area contributed by atoms with Crippen molar-refractivity contribution < 1.29 is 28.6 Å². The molecule has 0 fully saturated rings. The lowest BCUT2D eigenvalue weighted by atomic mass is 9.90. The normalized spacial score (nSPS) is 12.1. The minimum Gasteiger partial charge on any atom is -0.466 e. The number of hydrazine groups is 1. The zero-order valence-corrected chi connectivity index (χ0v) is 14.1. The Morgan fingerprint density at radius 3 is 2.24 bits per heavy atom. The third kappa shape index (κ3) is 4.17. The van der Waals surface area contributed by atoms with E-state index in [9.17, 15) is 19.6 Å². The van der Waals surface area contributed by atoms with Crippen LogP contribution in [0, 0.1) is 11.3 Å². The molecule has 0 spiro atoms. The number of benzene rings is 1. The van der Waals surface area contributed by atoms with Crippen LogP contribution in [0.1, 0.15) is 19.4 Å². The molecule has 0 radical (unpaired) electrons. The Morgan fingerprint density at radius 2 is 1.76 bits per heavy atom. The van der Waals surface area contributed by atoms with E-state index in [1.54, 1.807) is 31.2 Å². The number of carbonyl (C=O) groups excluding carboxylic acids is 3. The standard InChI is InChI=1S/C16H19N3O6/c1-4-24-14(21)18-19(15(22)25-5-2)16(11-17,13(20)23-3)12-9-7-6-8-10-12/h6-10H,4-5H2,1-3H3,(H,18,21). The fraction of sp³-hybridized carbons (Fsp3) is 0.375. The van der Waals surface area contributed by atoms with Crippen LogP contribution in [0.4, 0.5) is 9.59 Å². The molecule has 2 amide bonds. The van der Waals surface area contributed by atoms with Crippen LogP contribution in [0.25, 0.3) is 0 Å². The molecule has 1 N–H and O–H groups in total. The minimum absolute atomic E-state index is 0.0195. The van der Waals surface area contributed by atoms with Crippen molar-refractivity contribution in [2.75, 3.05) is 20.3 Å². The van der Waals surface area contributed by atoms with Gasteiger partial charge in [0, 0.05) is 5.56 Å². The summed E-state index contributed by atoms with van der Waals surface area (Å²) in [7, 11) is 1.06. The number of rotatable bonds is 5. The number of amides is 2. The highest BCUT2D eigenvalue weighted by atomic mass is 16.6. The van der Waals surface area contributed by atoms with Gasteiger partial charge in [-0.15, -0.1) is 0 Å². The van der Waals surface area contributed by atoms with E-state index in [0.29, 0.717) is 5.01 Å². The Labute approximate surface area is 145 Å². The lowest BCUT2D eigenvalue weighted by molar-refractivity contribution is -0.152. The molecule has 0 aliphatic carbocycles. The Bertz CT molecular complexity index is 658. The molecule has 134 valence electrons. The third-order valence-corrected chi connectivity index (χ3v) is 3.10. The highest BCUT2D eigenvalue weighted by molar-refractivity contribution is 5.91. The molecule has 1 aromatic rings. The van der Waals surface area contributed by atoms with Crippen molar-refractivity contribution in [1.82, 2.24) is 10.4 Å². The summed E-state index contributed by atoms with van der Waals surface area (Å²) in [6.07, 6.45) is -2.15. The number of carbonyl (C=O) groups is 3. The van der Waals surface area contributed by atoms with Gasteiger partial charge in [-0.05, 0) is 13.8 Å². The second-order valence-electron chi connectivity index (χ2n) is 4.55. The van der Waals surface area contributed by atoms with Crippen molar-refractivity contribution in [3.05, 3.63) is 35.9 Å². The maximum atomic E-state index is 12.5. The summed E-state index contributed by atoms with van der Waals surface area (Å²) in [4.78, 5) is 36.6. The number of ether oxygens (including phenoxy) is 3. The Morgan fingerprint density at radius 1 is 1.16 bits per heavy atom. The fourth-order valence-electron chi connectivity index (χ4n) is 2.03. The average molecular weight is 349 g/mol. The molecule has 1 aromatic carbocycles. The van der Waals surface area contributed by atoms with Crippen LogP contribution in [-0.2, 0) is 24.5 Å². The first kappa shape index (κ1) is 19.8. The predicted molar refractivity (Wildman–Crippen MR) is 84.8 cm³/mol. The van der Waals surface area contributed by atoms with E-state index < -0.39 is 23.7 Å². The van der Waals surface area contributed by atoms with Gasteiger partial charge >= 0.3 is 18.2 Å². The molecule has 1 atom stereocenters. The van der Waals surface area contributed by atoms with E-state index in [-0.39, 0.29) is 18.8 Å². The zero-order valence-electron chi connectivity index (χ0n) is 14.1. The zero-order chi connectivity index (χ0) is 18.9. The molecule has 9 nitrogen and oxygen atoms in total. The van der Waals surface area contributed by atoms with E-state index >= 15 is 0 Å². The van der Waals surface area contributed by atoms with Gasteiger partial charge in [0.1, 0.15) is 6.07 Å². The Hall–Kier alpha value is -3.28. The maximum absolute atomic E-state index is 12.5. The number of nitriles is 1. The lowest BCUT2D eigenvalue weighted by Crippen LogP contribution is -2.61. The Kier molecular flexibility index (Phi) is 7.21. The second kappa shape index (κ2) is 9.12. The van der Waals surface area contributed by atoms with Gasteiger partial charge in [-0.1, -0.05) is 30.3 Å². The van der Waals surface area contributed by atoms with Crippen LogP contribution in [0.15, 0.2) is 30.3 Å². The first-order valence-electron chi connectivity index (χ1n) is 7.43. The van der Waals surface area contributed by atoms with Crippen LogP contribution in [0.2, 0.25) is 0 Å². The molecule has 0 aromatic heterocycles. The SMILES string of the molecule is CCOC(=O)NN(C(=O)OCC)C(C#N)(C(=O)OC)c1ccccc1. The smallest absolute Gasteiger partial charge is 0.431 e. The Balaban J connectivity index is 3.52. The van der Waals surface area contributed by atoms with E-state index in [4.69, 9.17) is 14.2 Å². The maximum Gasteiger partial charge on any atom is 0.431 e. The van der Waals surface area contributed by atoms with Gasteiger partial charge in [0.2, 0.25) is 0 Å². The van der Waals surface area contributed by atoms with Gasteiger partial charge in [0.05, 0.1) is 20.3 Å². The summed E-state index contributed by atoms with van der Waals surface area (Å²) in [5, 5.41) is 10.2. The number of esters is 1. The lowest BCUT2D eigenvalue weighted by Gasteiger charge is -2.34. The average Bonchev–Trinajstić information content (AvgIpc) is 2.62. The summed E-state index contributed by atoms with van der Waals surface area (Å²) in [6.45, 7) is 3.07. The molecular formula is C16H19N3O6. The highest BCUT2D eigenvalue weighted by Gasteiger charge is 2.52. The van der Waals surface area contributed by atoms with Crippen molar-refractivity contribution in [3.63, 3.8) is 0 Å². The molecule has 0 saturated heterocycles.